The van der Waals surface area contributed by atoms with Crippen LogP contribution in [0.4, 0.5) is 5.69 Å². The zero-order valence-corrected chi connectivity index (χ0v) is 17.3. The van der Waals surface area contributed by atoms with Crippen molar-refractivity contribution in [3.05, 3.63) is 30.1 Å². The summed E-state index contributed by atoms with van der Waals surface area (Å²) in [6.45, 7) is 4.68. The molecule has 0 bridgehead atoms. The number of tetrazole rings is 1. The van der Waals surface area contributed by atoms with Crippen molar-refractivity contribution in [1.82, 2.24) is 30.4 Å². The molecule has 11 nitrogen and oxygen atoms in total. The van der Waals surface area contributed by atoms with Gasteiger partial charge in [0.25, 0.3) is 5.91 Å². The number of ether oxygens (including phenoxy) is 1. The number of hydrogen-bond donors (Lipinski definition) is 3. The summed E-state index contributed by atoms with van der Waals surface area (Å²) in [6.07, 6.45) is 1.19. The molecule has 30 heavy (non-hydrogen) atoms. The van der Waals surface area contributed by atoms with Crippen LogP contribution in [0, 0.1) is 5.92 Å². The third-order valence-electron chi connectivity index (χ3n) is 5.05. The molecule has 11 heteroatoms. The monoisotopic (exact) mass is 417 g/mol. The fraction of sp³-hybridized carbons (Fsp3) is 0.526. The van der Waals surface area contributed by atoms with Crippen molar-refractivity contribution in [3.63, 3.8) is 0 Å². The van der Waals surface area contributed by atoms with Gasteiger partial charge in [0.2, 0.25) is 5.91 Å². The molecule has 2 aromatic rings. The first-order chi connectivity index (χ1) is 14.4. The van der Waals surface area contributed by atoms with E-state index in [0.717, 1.165) is 0 Å². The molecule has 0 fully saturated rings. The van der Waals surface area contributed by atoms with E-state index in [1.807, 2.05) is 14.0 Å². The number of aliphatic hydroxyl groups is 1. The summed E-state index contributed by atoms with van der Waals surface area (Å²) in [7, 11) is 1.85. The van der Waals surface area contributed by atoms with Gasteiger partial charge in [0, 0.05) is 24.7 Å². The highest BCUT2D eigenvalue weighted by Crippen LogP contribution is 2.30. The van der Waals surface area contributed by atoms with Crippen LogP contribution in [0.15, 0.2) is 24.5 Å². The summed E-state index contributed by atoms with van der Waals surface area (Å²) >= 11 is 0. The Morgan fingerprint density at radius 3 is 2.90 bits per heavy atom. The minimum atomic E-state index is -0.348. The van der Waals surface area contributed by atoms with Crippen molar-refractivity contribution in [2.75, 3.05) is 32.1 Å². The third kappa shape index (κ3) is 4.92. The number of fused-ring (bicyclic) bond motifs is 1. The molecular weight excluding hydrogens is 390 g/mol. The van der Waals surface area contributed by atoms with Crippen molar-refractivity contribution in [2.45, 2.75) is 32.5 Å². The average Bonchev–Trinajstić information content (AvgIpc) is 3.23. The van der Waals surface area contributed by atoms with Gasteiger partial charge in [-0.1, -0.05) is 6.92 Å². The molecular formula is C19H27N7O4. The number of nitrogens with one attached hydrogen (secondary N) is 2. The number of hydrogen-bond acceptors (Lipinski definition) is 8. The van der Waals surface area contributed by atoms with Crippen LogP contribution in [0.25, 0.3) is 0 Å². The van der Waals surface area contributed by atoms with Gasteiger partial charge in [-0.2, -0.15) is 0 Å². The lowest BCUT2D eigenvalue weighted by Crippen LogP contribution is -2.49. The first kappa shape index (κ1) is 21.7. The van der Waals surface area contributed by atoms with Crippen LogP contribution in [0.2, 0.25) is 0 Å². The standard InChI is InChI=1S/C19H27N7O4/c1-12-8-26(13(2)10-27)19(29)15-6-14(4-5-16(15)30-17(12)7-20-3)22-18(28)9-25-11-21-23-24-25/h4-6,11-13,17,20,27H,7-10H2,1-3H3,(H,22,28)/t12-,13+,17-/m1/s1. The summed E-state index contributed by atoms with van der Waals surface area (Å²) < 4.78 is 7.45. The molecule has 0 saturated heterocycles. The lowest BCUT2D eigenvalue weighted by Gasteiger charge is -2.37. The van der Waals surface area contributed by atoms with Crippen LogP contribution in [-0.2, 0) is 11.3 Å². The Labute approximate surface area is 174 Å². The second-order valence-electron chi connectivity index (χ2n) is 7.45. The Kier molecular flexibility index (Phi) is 6.95. The molecule has 0 unspecified atom stereocenters. The smallest absolute Gasteiger partial charge is 0.258 e. The molecule has 0 radical (unpaired) electrons. The Bertz CT molecular complexity index is 874. The van der Waals surface area contributed by atoms with E-state index in [-0.39, 0.29) is 43.0 Å². The van der Waals surface area contributed by atoms with Gasteiger partial charge < -0.3 is 25.4 Å². The zero-order chi connectivity index (χ0) is 21.7. The van der Waals surface area contributed by atoms with Gasteiger partial charge in [0.05, 0.1) is 18.2 Å². The Morgan fingerprint density at radius 2 is 2.23 bits per heavy atom. The van der Waals surface area contributed by atoms with Gasteiger partial charge in [-0.3, -0.25) is 9.59 Å². The van der Waals surface area contributed by atoms with Crippen LogP contribution in [0.1, 0.15) is 24.2 Å². The lowest BCUT2D eigenvalue weighted by atomic mass is 9.99. The topological polar surface area (TPSA) is 134 Å². The van der Waals surface area contributed by atoms with Crippen molar-refractivity contribution >= 4 is 17.5 Å². The van der Waals surface area contributed by atoms with Gasteiger partial charge in [-0.05, 0) is 42.6 Å². The zero-order valence-electron chi connectivity index (χ0n) is 17.3. The van der Waals surface area contributed by atoms with E-state index in [4.69, 9.17) is 4.74 Å². The molecule has 0 aliphatic carbocycles. The number of likely N-dealkylation sites (N-methyl/N-ethyl adjacent to an activating group) is 1. The third-order valence-corrected chi connectivity index (χ3v) is 5.05. The highest BCUT2D eigenvalue weighted by Gasteiger charge is 2.32. The highest BCUT2D eigenvalue weighted by molar-refractivity contribution is 5.99. The number of amides is 2. The van der Waals surface area contributed by atoms with Crippen molar-refractivity contribution in [2.24, 2.45) is 5.92 Å². The number of rotatable bonds is 7. The fourth-order valence-corrected chi connectivity index (χ4v) is 3.35. The summed E-state index contributed by atoms with van der Waals surface area (Å²) in [5.74, 6) is -0.0822. The Morgan fingerprint density at radius 1 is 1.43 bits per heavy atom. The predicted molar refractivity (Wildman–Crippen MR) is 108 cm³/mol. The van der Waals surface area contributed by atoms with E-state index in [1.165, 1.54) is 11.0 Å². The maximum atomic E-state index is 13.3. The number of anilines is 1. The summed E-state index contributed by atoms with van der Waals surface area (Å²) in [5, 5.41) is 26.2. The van der Waals surface area contributed by atoms with E-state index in [2.05, 4.69) is 26.2 Å². The molecule has 1 aliphatic heterocycles. The second-order valence-corrected chi connectivity index (χ2v) is 7.45. The van der Waals surface area contributed by atoms with Crippen LogP contribution in [0.5, 0.6) is 5.75 Å². The number of aromatic nitrogens is 4. The second kappa shape index (κ2) is 9.63. The average molecular weight is 417 g/mol. The minimum Gasteiger partial charge on any atom is -0.488 e. The van der Waals surface area contributed by atoms with Crippen LogP contribution in [-0.4, -0.2) is 80.9 Å². The molecule has 3 N–H and O–H groups in total. The normalized spacial score (nSPS) is 20.0. The van der Waals surface area contributed by atoms with E-state index in [9.17, 15) is 14.7 Å². The van der Waals surface area contributed by atoms with Crippen molar-refractivity contribution in [3.8, 4) is 5.75 Å². The van der Waals surface area contributed by atoms with E-state index in [1.54, 1.807) is 30.0 Å². The summed E-state index contributed by atoms with van der Waals surface area (Å²) in [6, 6.07) is 4.62. The maximum Gasteiger partial charge on any atom is 0.258 e. The quantitative estimate of drug-likeness (QED) is 0.561. The predicted octanol–water partition coefficient (Wildman–Crippen LogP) is -0.249. The summed E-state index contributed by atoms with van der Waals surface area (Å²) in [5.41, 5.74) is 0.794. The molecule has 3 atom stereocenters. The minimum absolute atomic E-state index is 0.0516. The van der Waals surface area contributed by atoms with Crippen molar-refractivity contribution in [1.29, 1.82) is 0 Å². The SMILES string of the molecule is CNC[C@H]1Oc2ccc(NC(=O)Cn3cnnn3)cc2C(=O)N([C@@H](C)CO)C[C@H]1C. The molecule has 0 saturated carbocycles. The van der Waals surface area contributed by atoms with Crippen LogP contribution >= 0.6 is 0 Å². The Balaban J connectivity index is 1.89. The molecule has 162 valence electrons. The first-order valence-electron chi connectivity index (χ1n) is 9.80. The number of nitrogens with zero attached hydrogens (tertiary/aromatic N) is 5. The van der Waals surface area contributed by atoms with Gasteiger partial charge in [0.1, 0.15) is 24.7 Å². The molecule has 2 amide bonds. The fourth-order valence-electron chi connectivity index (χ4n) is 3.35. The van der Waals surface area contributed by atoms with Crippen LogP contribution < -0.4 is 15.4 Å². The molecule has 1 aromatic heterocycles. The molecule has 2 heterocycles. The number of aliphatic hydroxyl groups excluding tert-OH is 1. The molecule has 3 rings (SSSR count). The number of benzene rings is 1. The number of carbonyl (C=O) groups is 2. The highest BCUT2D eigenvalue weighted by atomic mass is 16.5. The lowest BCUT2D eigenvalue weighted by molar-refractivity contribution is -0.116. The summed E-state index contributed by atoms with van der Waals surface area (Å²) in [4.78, 5) is 27.2. The first-order valence-corrected chi connectivity index (χ1v) is 9.80. The molecule has 1 aromatic carbocycles. The van der Waals surface area contributed by atoms with Gasteiger partial charge in [-0.25, -0.2) is 4.68 Å². The molecule has 0 spiro atoms. The van der Waals surface area contributed by atoms with E-state index in [0.29, 0.717) is 30.1 Å². The van der Waals surface area contributed by atoms with Crippen LogP contribution in [0.3, 0.4) is 0 Å². The molecule has 1 aliphatic rings. The largest absolute Gasteiger partial charge is 0.488 e. The maximum absolute atomic E-state index is 13.3. The van der Waals surface area contributed by atoms with Gasteiger partial charge in [0.15, 0.2) is 0 Å². The number of carbonyl (C=O) groups excluding carboxylic acids is 2. The Hall–Kier alpha value is -3.05. The van der Waals surface area contributed by atoms with E-state index < -0.39 is 0 Å². The van der Waals surface area contributed by atoms with Gasteiger partial charge >= 0.3 is 0 Å². The van der Waals surface area contributed by atoms with E-state index >= 15 is 0 Å². The van der Waals surface area contributed by atoms with Crippen molar-refractivity contribution < 1.29 is 19.4 Å². The van der Waals surface area contributed by atoms with Gasteiger partial charge in [-0.15, -0.1) is 5.10 Å².